The van der Waals surface area contributed by atoms with E-state index in [4.69, 9.17) is 4.74 Å². The fraction of sp³-hybridized carbons (Fsp3) is 0.583. The zero-order chi connectivity index (χ0) is 27.4. The van der Waals surface area contributed by atoms with Crippen LogP contribution in [0.2, 0.25) is 0 Å². The lowest BCUT2D eigenvalue weighted by molar-refractivity contribution is -0.143. The minimum absolute atomic E-state index is 0.126. The van der Waals surface area contributed by atoms with E-state index in [0.717, 1.165) is 9.37 Å². The quantitative estimate of drug-likeness (QED) is 0.408. The van der Waals surface area contributed by atoms with E-state index in [2.05, 4.69) is 26.0 Å². The van der Waals surface area contributed by atoms with Gasteiger partial charge < -0.3 is 24.9 Å². The van der Waals surface area contributed by atoms with Crippen LogP contribution in [0.5, 0.6) is 0 Å². The van der Waals surface area contributed by atoms with E-state index < -0.39 is 46.3 Å². The predicted octanol–water partition coefficient (Wildman–Crippen LogP) is 3.59. The highest BCUT2D eigenvalue weighted by Gasteiger charge is 2.49. The molecule has 1 aliphatic rings. The number of nitrogens with zero attached hydrogens (tertiary/aromatic N) is 3. The number of amides is 4. The van der Waals surface area contributed by atoms with Gasteiger partial charge >= 0.3 is 18.1 Å². The van der Waals surface area contributed by atoms with E-state index in [1.165, 1.54) is 12.0 Å². The lowest BCUT2D eigenvalue weighted by Gasteiger charge is -2.41. The Kier molecular flexibility index (Phi) is 9.49. The summed E-state index contributed by atoms with van der Waals surface area (Å²) in [5.41, 5.74) is -0.609. The van der Waals surface area contributed by atoms with Gasteiger partial charge in [-0.15, -0.1) is 0 Å². The molecule has 3 unspecified atom stereocenters. The Bertz CT molecular complexity index is 980. The van der Waals surface area contributed by atoms with Crippen molar-refractivity contribution in [2.75, 3.05) is 26.9 Å². The molecule has 1 fully saturated rings. The normalized spacial score (nSPS) is 18.4. The van der Waals surface area contributed by atoms with Gasteiger partial charge in [0.1, 0.15) is 24.0 Å². The molecular formula is C24H35BrN4O7. The van der Waals surface area contributed by atoms with Crippen molar-refractivity contribution in [3.63, 3.8) is 0 Å². The molecule has 0 aromatic heterocycles. The SMILES string of the molecule is CC[N+]([O-])(C(=O)C1CN(C(=O)OC(C)(C)C)CN1C(=O)C(NC(=O)OC)C(C)C)c1ccc(Br)cc1. The average Bonchev–Trinajstić information content (AvgIpc) is 3.25. The van der Waals surface area contributed by atoms with E-state index in [1.807, 2.05) is 0 Å². The van der Waals surface area contributed by atoms with Crippen molar-refractivity contribution in [2.24, 2.45) is 5.92 Å². The average molecular weight is 571 g/mol. The summed E-state index contributed by atoms with van der Waals surface area (Å²) in [6.45, 7) is 9.50. The molecule has 0 aliphatic carbocycles. The molecule has 36 heavy (non-hydrogen) atoms. The molecular weight excluding hydrogens is 536 g/mol. The maximum atomic E-state index is 13.9. The number of ether oxygens (including phenoxy) is 2. The third-order valence-electron chi connectivity index (χ3n) is 5.75. The van der Waals surface area contributed by atoms with Crippen molar-refractivity contribution in [1.29, 1.82) is 0 Å². The van der Waals surface area contributed by atoms with Gasteiger partial charge in [-0.1, -0.05) is 29.8 Å². The monoisotopic (exact) mass is 570 g/mol. The molecule has 1 heterocycles. The first-order valence-electron chi connectivity index (χ1n) is 11.7. The number of hydrogen-bond acceptors (Lipinski definition) is 7. The Morgan fingerprint density at radius 3 is 2.25 bits per heavy atom. The highest BCUT2D eigenvalue weighted by molar-refractivity contribution is 9.10. The number of nitrogens with one attached hydrogen (secondary N) is 1. The fourth-order valence-electron chi connectivity index (χ4n) is 3.81. The second-order valence-corrected chi connectivity index (χ2v) is 10.8. The molecule has 0 saturated carbocycles. The molecule has 1 saturated heterocycles. The van der Waals surface area contributed by atoms with Crippen LogP contribution in [0.1, 0.15) is 41.5 Å². The predicted molar refractivity (Wildman–Crippen MR) is 137 cm³/mol. The number of hydrogen-bond donors (Lipinski definition) is 1. The Balaban J connectivity index is 2.48. The van der Waals surface area contributed by atoms with Crippen LogP contribution < -0.4 is 9.96 Å². The number of quaternary nitrogens is 1. The number of carbonyl (C=O) groups is 4. The summed E-state index contributed by atoms with van der Waals surface area (Å²) in [4.78, 5) is 54.5. The molecule has 2 rings (SSSR count). The molecule has 0 bridgehead atoms. The minimum Gasteiger partial charge on any atom is -0.620 e. The van der Waals surface area contributed by atoms with Gasteiger partial charge in [-0.2, -0.15) is 0 Å². The summed E-state index contributed by atoms with van der Waals surface area (Å²) in [6.07, 6.45) is -1.53. The Morgan fingerprint density at radius 2 is 1.78 bits per heavy atom. The van der Waals surface area contributed by atoms with Crippen LogP contribution in [0.15, 0.2) is 28.7 Å². The standard InChI is InChI=1S/C24H35BrN4O7/c1-8-29(34,17-11-9-16(25)10-12-17)21(31)18-13-27(23(33)36-24(4,5)6)14-28(18)20(30)19(15(2)3)26-22(32)35-7/h9-12,15,18-19H,8,13-14H2,1-7H3,(H,26,32). The van der Waals surface area contributed by atoms with Crippen molar-refractivity contribution >= 4 is 45.6 Å². The topological polar surface area (TPSA) is 128 Å². The Labute approximate surface area is 220 Å². The highest BCUT2D eigenvalue weighted by atomic mass is 79.9. The molecule has 200 valence electrons. The number of methoxy groups -OCH3 is 1. The number of alkyl carbamates (subject to hydrolysis) is 1. The van der Waals surface area contributed by atoms with Crippen molar-refractivity contribution in [2.45, 2.75) is 59.2 Å². The zero-order valence-electron chi connectivity index (χ0n) is 21.7. The van der Waals surface area contributed by atoms with Gasteiger partial charge in [-0.05, 0) is 45.7 Å². The maximum absolute atomic E-state index is 13.9. The molecule has 12 heteroatoms. The summed E-state index contributed by atoms with van der Waals surface area (Å²) >= 11 is 3.32. The zero-order valence-corrected chi connectivity index (χ0v) is 23.3. The van der Waals surface area contributed by atoms with Gasteiger partial charge in [-0.25, -0.2) is 14.4 Å². The number of benzene rings is 1. The van der Waals surface area contributed by atoms with Crippen molar-refractivity contribution in [3.05, 3.63) is 33.9 Å². The summed E-state index contributed by atoms with van der Waals surface area (Å²) in [5.74, 6) is -1.79. The lowest BCUT2D eigenvalue weighted by Crippen LogP contribution is -2.61. The highest BCUT2D eigenvalue weighted by Crippen LogP contribution is 2.29. The molecule has 1 aromatic rings. The summed E-state index contributed by atoms with van der Waals surface area (Å²) in [6, 6.07) is 4.09. The van der Waals surface area contributed by atoms with E-state index in [0.29, 0.717) is 0 Å². The van der Waals surface area contributed by atoms with Gasteiger partial charge in [0, 0.05) is 16.6 Å². The van der Waals surface area contributed by atoms with Crippen LogP contribution in [-0.4, -0.2) is 78.4 Å². The van der Waals surface area contributed by atoms with E-state index >= 15 is 0 Å². The molecule has 0 radical (unpaired) electrons. The molecule has 4 amide bonds. The molecule has 1 N–H and O–H groups in total. The van der Waals surface area contributed by atoms with Crippen LogP contribution in [-0.2, 0) is 19.1 Å². The van der Waals surface area contributed by atoms with Gasteiger partial charge in [0.2, 0.25) is 5.91 Å². The first kappa shape index (κ1) is 29.5. The van der Waals surface area contributed by atoms with Crippen LogP contribution >= 0.6 is 15.9 Å². The molecule has 1 aromatic carbocycles. The van der Waals surface area contributed by atoms with Crippen LogP contribution in [0, 0.1) is 11.1 Å². The first-order valence-corrected chi connectivity index (χ1v) is 12.5. The van der Waals surface area contributed by atoms with Crippen LogP contribution in [0.25, 0.3) is 0 Å². The first-order chi connectivity index (χ1) is 16.6. The third kappa shape index (κ3) is 6.74. The van der Waals surface area contributed by atoms with Crippen molar-refractivity contribution in [3.8, 4) is 0 Å². The van der Waals surface area contributed by atoms with Gasteiger partial charge in [0.05, 0.1) is 20.2 Å². The summed E-state index contributed by atoms with van der Waals surface area (Å²) in [7, 11) is 1.17. The lowest BCUT2D eigenvalue weighted by atomic mass is 10.0. The van der Waals surface area contributed by atoms with Crippen LogP contribution in [0.3, 0.4) is 0 Å². The number of rotatable bonds is 6. The van der Waals surface area contributed by atoms with Crippen molar-refractivity contribution < 1.29 is 28.7 Å². The molecule has 0 spiro atoms. The van der Waals surface area contributed by atoms with E-state index in [9.17, 15) is 24.4 Å². The number of hydroxylamine groups is 2. The van der Waals surface area contributed by atoms with Gasteiger partial charge in [-0.3, -0.25) is 14.3 Å². The number of halogens is 1. The summed E-state index contributed by atoms with van der Waals surface area (Å²) in [5, 5.41) is 16.4. The Morgan fingerprint density at radius 1 is 1.19 bits per heavy atom. The number of likely N-dealkylation sites (N-methyl/N-ethyl adjacent to an activating group) is 1. The van der Waals surface area contributed by atoms with Crippen LogP contribution in [0.4, 0.5) is 15.3 Å². The Hall–Kier alpha value is -2.70. The molecule has 1 aliphatic heterocycles. The summed E-state index contributed by atoms with van der Waals surface area (Å²) < 4.78 is 9.49. The minimum atomic E-state index is -1.33. The largest absolute Gasteiger partial charge is 0.620 e. The van der Waals surface area contributed by atoms with Gasteiger partial charge in [0.15, 0.2) is 6.04 Å². The smallest absolute Gasteiger partial charge is 0.411 e. The molecule has 3 atom stereocenters. The second-order valence-electron chi connectivity index (χ2n) is 9.90. The van der Waals surface area contributed by atoms with E-state index in [-0.39, 0.29) is 31.4 Å². The van der Waals surface area contributed by atoms with Crippen molar-refractivity contribution in [1.82, 2.24) is 19.8 Å². The van der Waals surface area contributed by atoms with E-state index in [1.54, 1.807) is 65.8 Å². The number of carbonyl (C=O) groups excluding carboxylic acids is 4. The fourth-order valence-corrected chi connectivity index (χ4v) is 4.07. The second kappa shape index (κ2) is 11.6. The maximum Gasteiger partial charge on any atom is 0.411 e. The van der Waals surface area contributed by atoms with Gasteiger partial charge in [0.25, 0.3) is 0 Å². The third-order valence-corrected chi connectivity index (χ3v) is 6.28. The molecule has 11 nitrogen and oxygen atoms in total.